The van der Waals surface area contributed by atoms with E-state index in [0.717, 1.165) is 0 Å². The first-order chi connectivity index (χ1) is 10.7. The van der Waals surface area contributed by atoms with E-state index in [4.69, 9.17) is 68.1 Å². The zero-order valence-corrected chi connectivity index (χ0v) is 14.5. The maximum absolute atomic E-state index is 10.5. The van der Waals surface area contributed by atoms with E-state index >= 15 is 0 Å². The minimum atomic E-state index is -1.08. The van der Waals surface area contributed by atoms with Crippen molar-refractivity contribution >= 4 is 63.7 Å². The van der Waals surface area contributed by atoms with Gasteiger partial charge in [0, 0.05) is 0 Å². The molecule has 0 unspecified atom stereocenters. The number of carbonyl (C=O) groups is 1. The van der Waals surface area contributed by atoms with Crippen LogP contribution in [0.1, 0.15) is 15.9 Å². The van der Waals surface area contributed by atoms with Crippen LogP contribution in [0.5, 0.6) is 0 Å². The van der Waals surface area contributed by atoms with Crippen molar-refractivity contribution in [2.24, 2.45) is 0 Å². The Morgan fingerprint density at radius 2 is 1.22 bits per heavy atom. The first-order valence-corrected chi connectivity index (χ1v) is 7.50. The Morgan fingerprint density at radius 1 is 0.870 bits per heavy atom. The fraction of sp³-hybridized carbons (Fsp3) is 0.0714. The van der Waals surface area contributed by atoms with E-state index in [0.29, 0.717) is 21.3 Å². The van der Waals surface area contributed by atoms with Crippen molar-refractivity contribution in [3.63, 3.8) is 0 Å². The summed E-state index contributed by atoms with van der Waals surface area (Å²) < 4.78 is 0. The average Bonchev–Trinajstić information content (AvgIpc) is 2.49. The largest absolute Gasteiger partial charge is 0.478 e. The summed E-state index contributed by atoms with van der Waals surface area (Å²) >= 11 is 22.5. The molecule has 0 heterocycles. The van der Waals surface area contributed by atoms with Crippen molar-refractivity contribution in [3.8, 4) is 0 Å². The molecule has 0 aliphatic rings. The molecule has 124 valence electrons. The predicted octanol–water partition coefficient (Wildman–Crippen LogP) is 4.34. The number of hydrogen-bond acceptors (Lipinski definition) is 4. The quantitative estimate of drug-likeness (QED) is 0.563. The Balaban J connectivity index is 0.000000231. The number of aromatic carboxylic acids is 1. The molecule has 0 amide bonds. The summed E-state index contributed by atoms with van der Waals surface area (Å²) in [6, 6.07) is 5.68. The molecule has 0 aliphatic heterocycles. The summed E-state index contributed by atoms with van der Waals surface area (Å²) in [7, 11) is 0. The monoisotopic (exact) mass is 396 g/mol. The number of anilines is 2. The Hall–Kier alpha value is -1.37. The van der Waals surface area contributed by atoms with Crippen LogP contribution in [0, 0.1) is 0 Å². The highest BCUT2D eigenvalue weighted by Crippen LogP contribution is 2.29. The van der Waals surface area contributed by atoms with Gasteiger partial charge in [-0.2, -0.15) is 0 Å². The molecule has 0 fully saturated rings. The summed E-state index contributed by atoms with van der Waals surface area (Å²) in [4.78, 5) is 10.5. The number of halogens is 4. The Bertz CT molecular complexity index is 692. The van der Waals surface area contributed by atoms with Gasteiger partial charge in [0.05, 0.1) is 43.6 Å². The second-order valence-corrected chi connectivity index (χ2v) is 5.92. The van der Waals surface area contributed by atoms with Gasteiger partial charge in [-0.15, -0.1) is 0 Å². The lowest BCUT2D eigenvalue weighted by Gasteiger charge is -2.02. The van der Waals surface area contributed by atoms with Crippen molar-refractivity contribution in [2.45, 2.75) is 6.61 Å². The van der Waals surface area contributed by atoms with Crippen LogP contribution in [0.2, 0.25) is 20.1 Å². The van der Waals surface area contributed by atoms with Gasteiger partial charge < -0.3 is 21.7 Å². The highest BCUT2D eigenvalue weighted by Gasteiger charge is 2.09. The third kappa shape index (κ3) is 5.34. The molecule has 0 atom stereocenters. The van der Waals surface area contributed by atoms with Gasteiger partial charge in [0.15, 0.2) is 0 Å². The molecule has 0 aromatic heterocycles. The number of nitrogen functional groups attached to an aromatic ring is 2. The van der Waals surface area contributed by atoms with Gasteiger partial charge in [-0.25, -0.2) is 4.79 Å². The van der Waals surface area contributed by atoms with Crippen LogP contribution in [0.15, 0.2) is 24.3 Å². The van der Waals surface area contributed by atoms with E-state index in [9.17, 15) is 4.79 Å². The molecule has 0 spiro atoms. The van der Waals surface area contributed by atoms with Crippen molar-refractivity contribution in [3.05, 3.63) is 55.5 Å². The molecule has 9 heteroatoms. The van der Waals surface area contributed by atoms with Crippen LogP contribution in [0.4, 0.5) is 11.4 Å². The number of carboxylic acids is 1. The number of aliphatic hydroxyl groups excluding tert-OH is 1. The van der Waals surface area contributed by atoms with Crippen LogP contribution < -0.4 is 11.5 Å². The summed E-state index contributed by atoms with van der Waals surface area (Å²) in [5.74, 6) is -1.08. The minimum absolute atomic E-state index is 0.0270. The fourth-order valence-corrected chi connectivity index (χ4v) is 2.46. The van der Waals surface area contributed by atoms with Crippen LogP contribution in [0.3, 0.4) is 0 Å². The Morgan fingerprint density at radius 3 is 1.52 bits per heavy atom. The normalized spacial score (nSPS) is 9.96. The van der Waals surface area contributed by atoms with E-state index in [1.807, 2.05) is 0 Å². The molecule has 0 aliphatic carbocycles. The van der Waals surface area contributed by atoms with Crippen molar-refractivity contribution in [1.82, 2.24) is 0 Å². The fourth-order valence-electron chi connectivity index (χ4n) is 1.44. The van der Waals surface area contributed by atoms with Gasteiger partial charge >= 0.3 is 5.97 Å². The lowest BCUT2D eigenvalue weighted by molar-refractivity contribution is 0.0697. The van der Waals surface area contributed by atoms with Gasteiger partial charge in [-0.3, -0.25) is 0 Å². The summed E-state index contributed by atoms with van der Waals surface area (Å²) in [6.45, 7) is -0.0836. The third-order valence-corrected chi connectivity index (χ3v) is 3.90. The maximum atomic E-state index is 10.5. The molecule has 0 radical (unpaired) electrons. The topological polar surface area (TPSA) is 110 Å². The van der Waals surface area contributed by atoms with Crippen molar-refractivity contribution in [2.75, 3.05) is 11.5 Å². The number of hydrogen-bond donors (Lipinski definition) is 4. The first-order valence-electron chi connectivity index (χ1n) is 5.99. The maximum Gasteiger partial charge on any atom is 0.335 e. The average molecular weight is 398 g/mol. The standard InChI is InChI=1S/C7H5Cl2NO2.C7H7Cl2NO/c8-4-1-3(7(11)12)2-5(9)6(4)10;8-5-1-4(3-11)2-6(9)7(5)10/h1-2H,10H2,(H,11,12);1-2,11H,3,10H2. The summed E-state index contributed by atoms with van der Waals surface area (Å²) in [5.41, 5.74) is 12.1. The molecule has 23 heavy (non-hydrogen) atoms. The van der Waals surface area contributed by atoms with E-state index in [1.165, 1.54) is 12.1 Å². The molecular formula is C14H12Cl4N2O3. The number of benzene rings is 2. The molecular weight excluding hydrogens is 386 g/mol. The zero-order chi connectivity index (χ0) is 17.7. The van der Waals surface area contributed by atoms with Crippen LogP contribution in [-0.2, 0) is 6.61 Å². The smallest absolute Gasteiger partial charge is 0.335 e. The molecule has 0 saturated carbocycles. The number of aliphatic hydroxyl groups is 1. The molecule has 2 aromatic rings. The summed E-state index contributed by atoms with van der Waals surface area (Å²) in [6.07, 6.45) is 0. The van der Waals surface area contributed by atoms with E-state index in [2.05, 4.69) is 0 Å². The number of nitrogens with two attached hydrogens (primary N) is 2. The molecule has 0 saturated heterocycles. The van der Waals surface area contributed by atoms with Gasteiger partial charge in [-0.1, -0.05) is 46.4 Å². The van der Waals surface area contributed by atoms with E-state index < -0.39 is 5.97 Å². The number of carboxylic acid groups (broad SMARTS) is 1. The lowest BCUT2D eigenvalue weighted by Crippen LogP contribution is -1.98. The summed E-state index contributed by atoms with van der Waals surface area (Å²) in [5, 5.41) is 18.3. The molecule has 6 N–H and O–H groups in total. The van der Waals surface area contributed by atoms with Crippen LogP contribution >= 0.6 is 46.4 Å². The molecule has 0 bridgehead atoms. The second kappa shape index (κ2) is 8.47. The SMILES string of the molecule is Nc1c(Cl)cc(C(=O)O)cc1Cl.Nc1c(Cl)cc(CO)cc1Cl. The number of rotatable bonds is 2. The second-order valence-electron chi connectivity index (χ2n) is 4.29. The highest BCUT2D eigenvalue weighted by molar-refractivity contribution is 6.39. The lowest BCUT2D eigenvalue weighted by atomic mass is 10.2. The van der Waals surface area contributed by atoms with Gasteiger partial charge in [0.2, 0.25) is 0 Å². The van der Waals surface area contributed by atoms with E-state index in [-0.39, 0.29) is 27.9 Å². The van der Waals surface area contributed by atoms with E-state index in [1.54, 1.807) is 12.1 Å². The molecule has 5 nitrogen and oxygen atoms in total. The van der Waals surface area contributed by atoms with Gasteiger partial charge in [0.1, 0.15) is 0 Å². The Kier molecular flexibility index (Phi) is 7.25. The van der Waals surface area contributed by atoms with Crippen LogP contribution in [0.25, 0.3) is 0 Å². The van der Waals surface area contributed by atoms with Crippen LogP contribution in [-0.4, -0.2) is 16.2 Å². The third-order valence-electron chi connectivity index (χ3n) is 2.65. The first kappa shape index (κ1) is 19.7. The molecule has 2 rings (SSSR count). The molecule has 2 aromatic carbocycles. The Labute approximate surface area is 152 Å². The predicted molar refractivity (Wildman–Crippen MR) is 94.6 cm³/mol. The van der Waals surface area contributed by atoms with Crippen molar-refractivity contribution in [1.29, 1.82) is 0 Å². The minimum Gasteiger partial charge on any atom is -0.478 e. The van der Waals surface area contributed by atoms with Gasteiger partial charge in [-0.05, 0) is 29.8 Å². The van der Waals surface area contributed by atoms with Crippen molar-refractivity contribution < 1.29 is 15.0 Å². The van der Waals surface area contributed by atoms with Gasteiger partial charge in [0.25, 0.3) is 0 Å². The highest BCUT2D eigenvalue weighted by atomic mass is 35.5. The zero-order valence-electron chi connectivity index (χ0n) is 11.5.